The van der Waals surface area contributed by atoms with Crippen LogP contribution in [-0.2, 0) is 0 Å². The summed E-state index contributed by atoms with van der Waals surface area (Å²) in [6.45, 7) is 15.1. The van der Waals surface area contributed by atoms with E-state index in [4.69, 9.17) is 4.43 Å². The third kappa shape index (κ3) is 3.10. The molecule has 1 nitrogen and oxygen atoms in total. The molecule has 1 radical (unpaired) electrons. The van der Waals surface area contributed by atoms with E-state index in [-0.39, 0.29) is 5.04 Å². The summed E-state index contributed by atoms with van der Waals surface area (Å²) in [4.78, 5) is 0. The van der Waals surface area contributed by atoms with Crippen LogP contribution in [0.15, 0.2) is 24.3 Å². The molecule has 0 aliphatic carbocycles. The van der Waals surface area contributed by atoms with Crippen LogP contribution in [0.1, 0.15) is 26.3 Å². The van der Waals surface area contributed by atoms with Crippen LogP contribution in [0.3, 0.4) is 0 Å². The van der Waals surface area contributed by atoms with Crippen LogP contribution in [0.2, 0.25) is 18.1 Å². The van der Waals surface area contributed by atoms with Gasteiger partial charge in [0.15, 0.2) is 0 Å². The SMILES string of the molecule is [CH2]c1cccc(O[Si](C)(C)C(C)(C)C)c1. The summed E-state index contributed by atoms with van der Waals surface area (Å²) in [5, 5.41) is 0.240. The van der Waals surface area contributed by atoms with E-state index in [0.717, 1.165) is 11.3 Å². The van der Waals surface area contributed by atoms with Crippen molar-refractivity contribution >= 4 is 8.32 Å². The van der Waals surface area contributed by atoms with E-state index in [2.05, 4.69) is 40.8 Å². The first-order valence-electron chi connectivity index (χ1n) is 5.33. The fourth-order valence-corrected chi connectivity index (χ4v) is 2.08. The topological polar surface area (TPSA) is 9.23 Å². The molecule has 83 valence electrons. The van der Waals surface area contributed by atoms with Crippen molar-refractivity contribution in [1.82, 2.24) is 0 Å². The van der Waals surface area contributed by atoms with E-state index in [9.17, 15) is 0 Å². The van der Waals surface area contributed by atoms with Crippen molar-refractivity contribution in [3.63, 3.8) is 0 Å². The first kappa shape index (κ1) is 12.3. The first-order valence-corrected chi connectivity index (χ1v) is 8.24. The quantitative estimate of drug-likeness (QED) is 0.678. The van der Waals surface area contributed by atoms with Gasteiger partial charge in [-0.05, 0) is 42.8 Å². The Kier molecular flexibility index (Phi) is 3.29. The van der Waals surface area contributed by atoms with Gasteiger partial charge in [-0.15, -0.1) is 0 Å². The maximum absolute atomic E-state index is 6.15. The van der Waals surface area contributed by atoms with Crippen molar-refractivity contribution in [2.45, 2.75) is 38.9 Å². The Hall–Kier alpha value is -0.763. The lowest BCUT2D eigenvalue weighted by molar-refractivity contribution is 0.492. The molecule has 0 N–H and O–H groups in total. The van der Waals surface area contributed by atoms with Crippen LogP contribution in [0.4, 0.5) is 0 Å². The Balaban J connectivity index is 2.87. The molecule has 0 heterocycles. The zero-order chi connectivity index (χ0) is 11.7. The minimum atomic E-state index is -1.70. The Morgan fingerprint density at radius 3 is 2.27 bits per heavy atom. The van der Waals surface area contributed by atoms with Crippen molar-refractivity contribution in [1.29, 1.82) is 0 Å². The smallest absolute Gasteiger partial charge is 0.250 e. The summed E-state index contributed by atoms with van der Waals surface area (Å²) in [5.41, 5.74) is 1.01. The zero-order valence-corrected chi connectivity index (χ0v) is 11.4. The molecule has 0 aliphatic heterocycles. The van der Waals surface area contributed by atoms with Gasteiger partial charge in [0.1, 0.15) is 5.75 Å². The van der Waals surface area contributed by atoms with Crippen LogP contribution >= 0.6 is 0 Å². The van der Waals surface area contributed by atoms with Crippen molar-refractivity contribution in [3.8, 4) is 5.75 Å². The largest absolute Gasteiger partial charge is 0.543 e. The lowest BCUT2D eigenvalue weighted by Crippen LogP contribution is -2.43. The predicted molar refractivity (Wildman–Crippen MR) is 68.7 cm³/mol. The summed E-state index contributed by atoms with van der Waals surface area (Å²) in [6, 6.07) is 7.99. The molecule has 1 aromatic carbocycles. The average molecular weight is 221 g/mol. The van der Waals surface area contributed by atoms with Crippen molar-refractivity contribution in [3.05, 3.63) is 36.8 Å². The Bertz CT molecular complexity index is 337. The molecule has 0 saturated carbocycles. The zero-order valence-electron chi connectivity index (χ0n) is 10.4. The molecule has 2 heteroatoms. The number of hydrogen-bond donors (Lipinski definition) is 0. The minimum Gasteiger partial charge on any atom is -0.543 e. The van der Waals surface area contributed by atoms with E-state index in [1.807, 2.05) is 24.3 Å². The van der Waals surface area contributed by atoms with Gasteiger partial charge in [0.05, 0.1) is 0 Å². The molecule has 0 fully saturated rings. The normalized spacial score (nSPS) is 12.7. The van der Waals surface area contributed by atoms with Gasteiger partial charge in [-0.25, -0.2) is 0 Å². The highest BCUT2D eigenvalue weighted by molar-refractivity contribution is 6.74. The second kappa shape index (κ2) is 4.01. The number of benzene rings is 1. The number of rotatable bonds is 2. The molecular weight excluding hydrogens is 200 g/mol. The van der Waals surface area contributed by atoms with E-state index in [0.29, 0.717) is 0 Å². The summed E-state index contributed by atoms with van der Waals surface area (Å²) in [6.07, 6.45) is 0. The summed E-state index contributed by atoms with van der Waals surface area (Å²) < 4.78 is 6.15. The molecule has 0 aliphatic rings. The molecule has 0 bridgehead atoms. The standard InChI is InChI=1S/C13H21OSi/c1-11-8-7-9-12(10-11)14-15(5,6)13(2,3)4/h7-10H,1H2,2-6H3. The molecule has 1 rings (SSSR count). The monoisotopic (exact) mass is 221 g/mol. The van der Waals surface area contributed by atoms with Crippen LogP contribution in [0, 0.1) is 6.92 Å². The van der Waals surface area contributed by atoms with Gasteiger partial charge in [0.2, 0.25) is 8.32 Å². The third-order valence-electron chi connectivity index (χ3n) is 3.08. The molecule has 0 aromatic heterocycles. The highest BCUT2D eigenvalue weighted by Crippen LogP contribution is 2.37. The van der Waals surface area contributed by atoms with Gasteiger partial charge in [-0.2, -0.15) is 0 Å². The fourth-order valence-electron chi connectivity index (χ4n) is 1.06. The highest BCUT2D eigenvalue weighted by Gasteiger charge is 2.38. The highest BCUT2D eigenvalue weighted by atomic mass is 28.4. The van der Waals surface area contributed by atoms with Crippen molar-refractivity contribution < 1.29 is 4.43 Å². The lowest BCUT2D eigenvalue weighted by atomic mass is 10.2. The Morgan fingerprint density at radius 2 is 1.80 bits per heavy atom. The Labute approximate surface area is 94.6 Å². The molecule has 1 aromatic rings. The van der Waals surface area contributed by atoms with Crippen LogP contribution in [0.25, 0.3) is 0 Å². The van der Waals surface area contributed by atoms with Crippen molar-refractivity contribution in [2.24, 2.45) is 0 Å². The van der Waals surface area contributed by atoms with Crippen LogP contribution in [0.5, 0.6) is 5.75 Å². The third-order valence-corrected chi connectivity index (χ3v) is 7.44. The number of hydrogen-bond acceptors (Lipinski definition) is 1. The lowest BCUT2D eigenvalue weighted by Gasteiger charge is -2.36. The van der Waals surface area contributed by atoms with E-state index in [1.165, 1.54) is 0 Å². The van der Waals surface area contributed by atoms with Crippen LogP contribution < -0.4 is 4.43 Å². The van der Waals surface area contributed by atoms with Crippen LogP contribution in [-0.4, -0.2) is 8.32 Å². The minimum absolute atomic E-state index is 0.240. The summed E-state index contributed by atoms with van der Waals surface area (Å²) in [5.74, 6) is 0.953. The molecule has 15 heavy (non-hydrogen) atoms. The molecule has 0 unspecified atom stereocenters. The Morgan fingerprint density at radius 1 is 1.20 bits per heavy atom. The average Bonchev–Trinajstić information content (AvgIpc) is 2.00. The van der Waals surface area contributed by atoms with Gasteiger partial charge in [0, 0.05) is 0 Å². The van der Waals surface area contributed by atoms with Gasteiger partial charge >= 0.3 is 0 Å². The van der Waals surface area contributed by atoms with Gasteiger partial charge < -0.3 is 4.43 Å². The van der Waals surface area contributed by atoms with E-state index in [1.54, 1.807) is 0 Å². The van der Waals surface area contributed by atoms with Gasteiger partial charge in [-0.3, -0.25) is 0 Å². The molecule has 0 saturated heterocycles. The molecule has 0 spiro atoms. The molecule has 0 amide bonds. The summed E-state index contributed by atoms with van der Waals surface area (Å²) >= 11 is 0. The molecular formula is C13H21OSi. The molecule has 0 atom stereocenters. The second-order valence-corrected chi connectivity index (χ2v) is 10.2. The van der Waals surface area contributed by atoms with Gasteiger partial charge in [-0.1, -0.05) is 32.9 Å². The van der Waals surface area contributed by atoms with Crippen molar-refractivity contribution in [2.75, 3.05) is 0 Å². The second-order valence-electron chi connectivity index (χ2n) is 5.51. The maximum atomic E-state index is 6.15. The van der Waals surface area contributed by atoms with E-state index >= 15 is 0 Å². The predicted octanol–water partition coefficient (Wildman–Crippen LogP) is 4.25. The summed E-state index contributed by atoms with van der Waals surface area (Å²) in [7, 11) is -1.70. The maximum Gasteiger partial charge on any atom is 0.250 e. The van der Waals surface area contributed by atoms with E-state index < -0.39 is 8.32 Å². The first-order chi connectivity index (χ1) is 6.72. The fraction of sp³-hybridized carbons (Fsp3) is 0.462. The van der Waals surface area contributed by atoms with Gasteiger partial charge in [0.25, 0.3) is 0 Å².